The molecule has 1 aromatic rings. The average Bonchev–Trinajstić information content (AvgIpc) is 2.89. The zero-order valence-electron chi connectivity index (χ0n) is 11.4. The molecule has 3 N–H and O–H groups in total. The van der Waals surface area contributed by atoms with Gasteiger partial charge in [-0.1, -0.05) is 24.9 Å². The average molecular weight is 281 g/mol. The lowest BCUT2D eigenvalue weighted by molar-refractivity contribution is -0.146. The molecule has 0 saturated heterocycles. The molecule has 0 aromatic carbocycles. The molecule has 20 heavy (non-hydrogen) atoms. The number of aliphatic carboxylic acids is 1. The SMILES string of the molecule is CC1CCCC(NC(=O)NCc2ccon2)(C(=O)O)C1. The van der Waals surface area contributed by atoms with Crippen molar-refractivity contribution in [1.82, 2.24) is 15.8 Å². The van der Waals surface area contributed by atoms with Crippen molar-refractivity contribution in [3.8, 4) is 0 Å². The predicted molar refractivity (Wildman–Crippen MR) is 69.9 cm³/mol. The molecule has 0 bridgehead atoms. The van der Waals surface area contributed by atoms with Gasteiger partial charge in [0.15, 0.2) is 0 Å². The fourth-order valence-electron chi connectivity index (χ4n) is 2.67. The van der Waals surface area contributed by atoms with Crippen LogP contribution in [0.5, 0.6) is 0 Å². The molecule has 1 heterocycles. The van der Waals surface area contributed by atoms with Crippen LogP contribution in [0.3, 0.4) is 0 Å². The summed E-state index contributed by atoms with van der Waals surface area (Å²) in [5.74, 6) is -0.684. The van der Waals surface area contributed by atoms with E-state index in [1.807, 2.05) is 6.92 Å². The van der Waals surface area contributed by atoms with Crippen LogP contribution in [0.25, 0.3) is 0 Å². The number of carboxylic acid groups (broad SMARTS) is 1. The summed E-state index contributed by atoms with van der Waals surface area (Å²) in [6.07, 6.45) is 4.13. The minimum Gasteiger partial charge on any atom is -0.480 e. The van der Waals surface area contributed by atoms with Crippen LogP contribution in [0.15, 0.2) is 16.9 Å². The molecular weight excluding hydrogens is 262 g/mol. The molecule has 1 aliphatic rings. The maximum Gasteiger partial charge on any atom is 0.329 e. The molecule has 7 heteroatoms. The van der Waals surface area contributed by atoms with E-state index in [-0.39, 0.29) is 12.5 Å². The van der Waals surface area contributed by atoms with Crippen molar-refractivity contribution >= 4 is 12.0 Å². The Morgan fingerprint density at radius 2 is 2.40 bits per heavy atom. The van der Waals surface area contributed by atoms with Crippen LogP contribution in [-0.4, -0.2) is 27.8 Å². The molecule has 1 aliphatic carbocycles. The Balaban J connectivity index is 1.94. The minimum absolute atomic E-state index is 0.202. The maximum atomic E-state index is 11.9. The first-order valence-electron chi connectivity index (χ1n) is 6.70. The molecule has 0 spiro atoms. The van der Waals surface area contributed by atoms with Gasteiger partial charge in [-0.2, -0.15) is 0 Å². The van der Waals surface area contributed by atoms with Crippen LogP contribution >= 0.6 is 0 Å². The number of carbonyl (C=O) groups excluding carboxylic acids is 1. The second-order valence-corrected chi connectivity index (χ2v) is 5.39. The van der Waals surface area contributed by atoms with Crippen LogP contribution in [0.4, 0.5) is 4.79 Å². The Hall–Kier alpha value is -2.05. The van der Waals surface area contributed by atoms with Crippen molar-refractivity contribution < 1.29 is 19.2 Å². The van der Waals surface area contributed by atoms with Gasteiger partial charge in [0.1, 0.15) is 17.5 Å². The van der Waals surface area contributed by atoms with Crippen molar-refractivity contribution in [3.05, 3.63) is 18.0 Å². The number of nitrogens with one attached hydrogen (secondary N) is 2. The zero-order valence-corrected chi connectivity index (χ0v) is 11.4. The summed E-state index contributed by atoms with van der Waals surface area (Å²) in [6, 6.07) is 1.14. The van der Waals surface area contributed by atoms with E-state index in [1.165, 1.54) is 6.26 Å². The maximum absolute atomic E-state index is 11.9. The standard InChI is InChI=1S/C13H19N3O4/c1-9-3-2-5-13(7-9,11(17)18)15-12(19)14-8-10-4-6-20-16-10/h4,6,9H,2-3,5,7-8H2,1H3,(H,17,18)(H2,14,15,19). The van der Waals surface area contributed by atoms with Crippen LogP contribution in [-0.2, 0) is 11.3 Å². The number of rotatable bonds is 4. The van der Waals surface area contributed by atoms with Gasteiger partial charge >= 0.3 is 12.0 Å². The molecule has 0 radical (unpaired) electrons. The summed E-state index contributed by atoms with van der Waals surface area (Å²) in [5, 5.41) is 18.3. The van der Waals surface area contributed by atoms with Crippen LogP contribution in [0.1, 0.15) is 38.3 Å². The summed E-state index contributed by atoms with van der Waals surface area (Å²) in [4.78, 5) is 23.4. The molecule has 1 saturated carbocycles. The van der Waals surface area contributed by atoms with Crippen molar-refractivity contribution in [2.24, 2.45) is 5.92 Å². The van der Waals surface area contributed by atoms with Crippen molar-refractivity contribution in [2.45, 2.75) is 44.7 Å². The highest BCUT2D eigenvalue weighted by Gasteiger charge is 2.43. The first-order chi connectivity index (χ1) is 9.52. The summed E-state index contributed by atoms with van der Waals surface area (Å²) >= 11 is 0. The Kier molecular flexibility index (Phi) is 4.26. The third kappa shape index (κ3) is 3.28. The largest absolute Gasteiger partial charge is 0.480 e. The van der Waals surface area contributed by atoms with Crippen LogP contribution < -0.4 is 10.6 Å². The topological polar surface area (TPSA) is 104 Å². The lowest BCUT2D eigenvalue weighted by atomic mass is 9.76. The van der Waals surface area contributed by atoms with Crippen molar-refractivity contribution in [3.63, 3.8) is 0 Å². The summed E-state index contributed by atoms with van der Waals surface area (Å²) in [7, 11) is 0. The third-order valence-corrected chi connectivity index (χ3v) is 3.68. The second kappa shape index (κ2) is 5.94. The normalized spacial score (nSPS) is 25.9. The van der Waals surface area contributed by atoms with E-state index in [1.54, 1.807) is 6.07 Å². The minimum atomic E-state index is -1.16. The molecule has 1 fully saturated rings. The number of aromatic nitrogens is 1. The predicted octanol–water partition coefficient (Wildman–Crippen LogP) is 1.51. The van der Waals surface area contributed by atoms with E-state index in [2.05, 4.69) is 20.3 Å². The summed E-state index contributed by atoms with van der Waals surface area (Å²) < 4.78 is 4.65. The van der Waals surface area contributed by atoms with E-state index in [4.69, 9.17) is 0 Å². The molecule has 1 aromatic heterocycles. The quantitative estimate of drug-likeness (QED) is 0.776. The van der Waals surface area contributed by atoms with E-state index in [0.29, 0.717) is 18.5 Å². The third-order valence-electron chi connectivity index (χ3n) is 3.68. The molecule has 2 amide bonds. The van der Waals surface area contributed by atoms with Crippen molar-refractivity contribution in [2.75, 3.05) is 0 Å². The van der Waals surface area contributed by atoms with Gasteiger partial charge in [0.2, 0.25) is 0 Å². The first-order valence-corrected chi connectivity index (χ1v) is 6.70. The van der Waals surface area contributed by atoms with Crippen LogP contribution in [0, 0.1) is 5.92 Å². The van der Waals surface area contributed by atoms with Crippen molar-refractivity contribution in [1.29, 1.82) is 0 Å². The van der Waals surface area contributed by atoms with Gasteiger partial charge in [-0.3, -0.25) is 0 Å². The number of carboxylic acids is 1. The smallest absolute Gasteiger partial charge is 0.329 e. The lowest BCUT2D eigenvalue weighted by Gasteiger charge is -2.36. The molecular formula is C13H19N3O4. The van der Waals surface area contributed by atoms with Gasteiger partial charge in [-0.05, 0) is 18.8 Å². The van der Waals surface area contributed by atoms with E-state index < -0.39 is 17.5 Å². The van der Waals surface area contributed by atoms with E-state index >= 15 is 0 Å². The number of amides is 2. The number of carbonyl (C=O) groups is 2. The molecule has 2 unspecified atom stereocenters. The second-order valence-electron chi connectivity index (χ2n) is 5.39. The number of urea groups is 1. The monoisotopic (exact) mass is 281 g/mol. The van der Waals surface area contributed by atoms with Crippen LogP contribution in [0.2, 0.25) is 0 Å². The zero-order chi connectivity index (χ0) is 14.6. The fraction of sp³-hybridized carbons (Fsp3) is 0.615. The highest BCUT2D eigenvalue weighted by atomic mass is 16.5. The molecule has 0 aliphatic heterocycles. The summed E-state index contributed by atoms with van der Waals surface area (Å²) in [6.45, 7) is 2.21. The van der Waals surface area contributed by atoms with E-state index in [0.717, 1.165) is 12.8 Å². The number of hydrogen-bond donors (Lipinski definition) is 3. The van der Waals surface area contributed by atoms with Gasteiger partial charge in [-0.15, -0.1) is 0 Å². The first kappa shape index (κ1) is 14.4. The van der Waals surface area contributed by atoms with E-state index in [9.17, 15) is 14.7 Å². The van der Waals surface area contributed by atoms with Gasteiger partial charge in [0.25, 0.3) is 0 Å². The lowest BCUT2D eigenvalue weighted by Crippen LogP contribution is -2.59. The molecule has 2 rings (SSSR count). The Morgan fingerprint density at radius 3 is 3.00 bits per heavy atom. The summed E-state index contributed by atoms with van der Waals surface area (Å²) in [5.41, 5.74) is -0.576. The fourth-order valence-corrected chi connectivity index (χ4v) is 2.67. The molecule has 2 atom stereocenters. The Bertz CT molecular complexity index is 474. The molecule has 110 valence electrons. The van der Waals surface area contributed by atoms with Gasteiger partial charge < -0.3 is 20.3 Å². The van der Waals surface area contributed by atoms with Gasteiger partial charge in [0.05, 0.1) is 6.54 Å². The number of nitrogens with zero attached hydrogens (tertiary/aromatic N) is 1. The highest BCUT2D eigenvalue weighted by molar-refractivity contribution is 5.86. The number of hydrogen-bond acceptors (Lipinski definition) is 4. The Morgan fingerprint density at radius 1 is 1.60 bits per heavy atom. The molecule has 7 nitrogen and oxygen atoms in total. The highest BCUT2D eigenvalue weighted by Crippen LogP contribution is 2.32. The Labute approximate surface area is 116 Å². The van der Waals surface area contributed by atoms with Gasteiger partial charge in [-0.25, -0.2) is 9.59 Å². The van der Waals surface area contributed by atoms with Gasteiger partial charge in [0, 0.05) is 6.07 Å².